The average Bonchev–Trinajstić information content (AvgIpc) is 3.17. The number of aromatic carboxylic acids is 1. The van der Waals surface area contributed by atoms with Crippen molar-refractivity contribution in [3.63, 3.8) is 0 Å². The number of hydrogen-bond donors (Lipinski definition) is 2. The van der Waals surface area contributed by atoms with E-state index in [0.29, 0.717) is 5.56 Å². The predicted octanol–water partition coefficient (Wildman–Crippen LogP) is 0.317. The number of carbonyl (C=O) groups is 2. The lowest BCUT2D eigenvalue weighted by atomic mass is 10.1. The number of amides is 1. The molecule has 1 aliphatic carbocycles. The standard InChI is InChI=1S/C13H13N5O3/c19-10(15-9-3-4-9)7-18-12(8-2-1-5-14-6-8)11(13(20)21)16-17-18/h1-2,5-6,9H,3-4,7H2,(H,15,19)(H,20,21). The zero-order valence-electron chi connectivity index (χ0n) is 11.1. The van der Waals surface area contributed by atoms with E-state index in [0.717, 1.165) is 12.8 Å². The van der Waals surface area contributed by atoms with Crippen molar-refractivity contribution in [1.82, 2.24) is 25.3 Å². The molecule has 3 rings (SSSR count). The summed E-state index contributed by atoms with van der Waals surface area (Å²) >= 11 is 0. The van der Waals surface area contributed by atoms with Crippen LogP contribution >= 0.6 is 0 Å². The largest absolute Gasteiger partial charge is 0.476 e. The minimum absolute atomic E-state index is 0.0684. The first-order chi connectivity index (χ1) is 10.1. The summed E-state index contributed by atoms with van der Waals surface area (Å²) < 4.78 is 1.29. The van der Waals surface area contributed by atoms with Gasteiger partial charge in [-0.15, -0.1) is 5.10 Å². The van der Waals surface area contributed by atoms with Crippen LogP contribution in [-0.2, 0) is 11.3 Å². The molecule has 0 aromatic carbocycles. The molecule has 108 valence electrons. The number of rotatable bonds is 5. The summed E-state index contributed by atoms with van der Waals surface area (Å²) in [7, 11) is 0. The van der Waals surface area contributed by atoms with Crippen molar-refractivity contribution in [2.45, 2.75) is 25.4 Å². The summed E-state index contributed by atoms with van der Waals surface area (Å²) in [4.78, 5) is 27.1. The Morgan fingerprint density at radius 3 is 2.86 bits per heavy atom. The van der Waals surface area contributed by atoms with Crippen LogP contribution in [-0.4, -0.2) is 43.0 Å². The molecule has 2 aromatic rings. The van der Waals surface area contributed by atoms with Gasteiger partial charge in [0.05, 0.1) is 0 Å². The van der Waals surface area contributed by atoms with E-state index in [1.807, 2.05) is 0 Å². The summed E-state index contributed by atoms with van der Waals surface area (Å²) in [5.41, 5.74) is 0.642. The predicted molar refractivity (Wildman–Crippen MR) is 71.4 cm³/mol. The Bertz CT molecular complexity index is 678. The van der Waals surface area contributed by atoms with E-state index in [1.54, 1.807) is 18.3 Å². The maximum Gasteiger partial charge on any atom is 0.358 e. The zero-order chi connectivity index (χ0) is 14.8. The van der Waals surface area contributed by atoms with Gasteiger partial charge >= 0.3 is 5.97 Å². The Kier molecular flexibility index (Phi) is 3.35. The van der Waals surface area contributed by atoms with Crippen molar-refractivity contribution in [2.24, 2.45) is 0 Å². The van der Waals surface area contributed by atoms with Gasteiger partial charge in [0.2, 0.25) is 5.91 Å². The van der Waals surface area contributed by atoms with Gasteiger partial charge < -0.3 is 10.4 Å². The molecule has 0 aliphatic heterocycles. The van der Waals surface area contributed by atoms with Gasteiger partial charge in [0.15, 0.2) is 5.69 Å². The molecular formula is C13H13N5O3. The van der Waals surface area contributed by atoms with Crippen molar-refractivity contribution in [2.75, 3.05) is 0 Å². The van der Waals surface area contributed by atoms with Gasteiger partial charge in [-0.1, -0.05) is 5.21 Å². The molecule has 2 N–H and O–H groups in total. The van der Waals surface area contributed by atoms with Crippen molar-refractivity contribution in [3.05, 3.63) is 30.2 Å². The third kappa shape index (κ3) is 2.88. The van der Waals surface area contributed by atoms with Crippen LogP contribution in [0.4, 0.5) is 0 Å². The number of nitrogens with one attached hydrogen (secondary N) is 1. The van der Waals surface area contributed by atoms with Crippen LogP contribution in [0.3, 0.4) is 0 Å². The monoisotopic (exact) mass is 287 g/mol. The smallest absolute Gasteiger partial charge is 0.358 e. The first-order valence-electron chi connectivity index (χ1n) is 6.51. The molecule has 8 nitrogen and oxygen atoms in total. The van der Waals surface area contributed by atoms with Gasteiger partial charge in [0.25, 0.3) is 0 Å². The molecule has 1 aliphatic rings. The molecule has 0 bridgehead atoms. The maximum absolute atomic E-state index is 11.9. The number of carboxylic acids is 1. The second kappa shape index (κ2) is 5.31. The molecule has 0 spiro atoms. The Balaban J connectivity index is 1.92. The Labute approximate surface area is 119 Å². The molecule has 0 unspecified atom stereocenters. The molecule has 1 fully saturated rings. The Morgan fingerprint density at radius 1 is 1.43 bits per heavy atom. The van der Waals surface area contributed by atoms with Crippen molar-refractivity contribution in [3.8, 4) is 11.3 Å². The molecule has 21 heavy (non-hydrogen) atoms. The maximum atomic E-state index is 11.9. The van der Waals surface area contributed by atoms with Gasteiger partial charge in [-0.2, -0.15) is 0 Å². The van der Waals surface area contributed by atoms with Gasteiger partial charge in [-0.05, 0) is 25.0 Å². The van der Waals surface area contributed by atoms with E-state index in [4.69, 9.17) is 0 Å². The van der Waals surface area contributed by atoms with E-state index >= 15 is 0 Å². The summed E-state index contributed by atoms with van der Waals surface area (Å²) in [5.74, 6) is -1.40. The van der Waals surface area contributed by atoms with E-state index < -0.39 is 5.97 Å². The van der Waals surface area contributed by atoms with Crippen LogP contribution < -0.4 is 5.32 Å². The molecule has 1 amide bonds. The van der Waals surface area contributed by atoms with Crippen molar-refractivity contribution >= 4 is 11.9 Å². The second-order valence-electron chi connectivity index (χ2n) is 4.83. The van der Waals surface area contributed by atoms with Crippen molar-refractivity contribution in [1.29, 1.82) is 0 Å². The molecule has 0 atom stereocenters. The van der Waals surface area contributed by atoms with Crippen LogP contribution in [0, 0.1) is 0 Å². The fraction of sp³-hybridized carbons (Fsp3) is 0.308. The number of carboxylic acid groups (broad SMARTS) is 1. The zero-order valence-corrected chi connectivity index (χ0v) is 11.1. The second-order valence-corrected chi connectivity index (χ2v) is 4.83. The lowest BCUT2D eigenvalue weighted by Crippen LogP contribution is -2.30. The molecule has 1 saturated carbocycles. The van der Waals surface area contributed by atoms with E-state index in [-0.39, 0.29) is 29.9 Å². The summed E-state index contributed by atoms with van der Waals surface area (Å²) in [6, 6.07) is 3.62. The first kappa shape index (κ1) is 13.2. The van der Waals surface area contributed by atoms with Crippen LogP contribution in [0.15, 0.2) is 24.5 Å². The number of hydrogen-bond acceptors (Lipinski definition) is 5. The minimum atomic E-state index is -1.19. The van der Waals surface area contributed by atoms with Gasteiger partial charge in [0, 0.05) is 24.0 Å². The van der Waals surface area contributed by atoms with Crippen molar-refractivity contribution < 1.29 is 14.7 Å². The molecular weight excluding hydrogens is 274 g/mol. The third-order valence-corrected chi connectivity index (χ3v) is 3.11. The molecule has 2 heterocycles. The molecule has 2 aromatic heterocycles. The summed E-state index contributed by atoms with van der Waals surface area (Å²) in [6.07, 6.45) is 5.07. The van der Waals surface area contributed by atoms with Gasteiger partial charge in [-0.25, -0.2) is 9.48 Å². The third-order valence-electron chi connectivity index (χ3n) is 3.11. The molecule has 0 radical (unpaired) electrons. The van der Waals surface area contributed by atoms with E-state index in [9.17, 15) is 14.7 Å². The van der Waals surface area contributed by atoms with Crippen LogP contribution in [0.2, 0.25) is 0 Å². The van der Waals surface area contributed by atoms with Crippen LogP contribution in [0.1, 0.15) is 23.3 Å². The highest BCUT2D eigenvalue weighted by Crippen LogP contribution is 2.22. The number of carbonyl (C=O) groups excluding carboxylic acids is 1. The van der Waals surface area contributed by atoms with E-state index in [1.165, 1.54) is 10.9 Å². The first-order valence-corrected chi connectivity index (χ1v) is 6.51. The number of aromatic nitrogens is 4. The minimum Gasteiger partial charge on any atom is -0.476 e. The van der Waals surface area contributed by atoms with Crippen LogP contribution in [0.5, 0.6) is 0 Å². The SMILES string of the molecule is O=C(Cn1nnc(C(=O)O)c1-c1cccnc1)NC1CC1. The lowest BCUT2D eigenvalue weighted by molar-refractivity contribution is -0.122. The average molecular weight is 287 g/mol. The quantitative estimate of drug-likeness (QED) is 0.819. The number of pyridine rings is 1. The Morgan fingerprint density at radius 2 is 2.24 bits per heavy atom. The highest BCUT2D eigenvalue weighted by molar-refractivity contribution is 5.92. The van der Waals surface area contributed by atoms with Gasteiger partial charge in [0.1, 0.15) is 12.2 Å². The lowest BCUT2D eigenvalue weighted by Gasteiger charge is -2.07. The summed E-state index contributed by atoms with van der Waals surface area (Å²) in [5, 5.41) is 19.4. The summed E-state index contributed by atoms with van der Waals surface area (Å²) in [6.45, 7) is -0.0684. The fourth-order valence-electron chi connectivity index (χ4n) is 1.99. The van der Waals surface area contributed by atoms with Gasteiger partial charge in [-0.3, -0.25) is 9.78 Å². The highest BCUT2D eigenvalue weighted by Gasteiger charge is 2.25. The highest BCUT2D eigenvalue weighted by atomic mass is 16.4. The molecule has 0 saturated heterocycles. The topological polar surface area (TPSA) is 110 Å². The normalized spacial score (nSPS) is 13.9. The van der Waals surface area contributed by atoms with E-state index in [2.05, 4.69) is 20.6 Å². The number of nitrogens with zero attached hydrogens (tertiary/aromatic N) is 4. The molecule has 8 heteroatoms. The Hall–Kier alpha value is -2.77. The van der Waals surface area contributed by atoms with Crippen LogP contribution in [0.25, 0.3) is 11.3 Å². The fourth-order valence-corrected chi connectivity index (χ4v) is 1.99.